The molecule has 0 radical (unpaired) electrons. The fraction of sp³-hybridized carbons (Fsp3) is 0.294. The van der Waals surface area contributed by atoms with Gasteiger partial charge in [0.05, 0.1) is 5.52 Å². The zero-order valence-electron chi connectivity index (χ0n) is 23.9. The van der Waals surface area contributed by atoms with Gasteiger partial charge in [-0.2, -0.15) is 0 Å². The number of amides is 1. The normalized spacial score (nSPS) is 14.2. The molecule has 0 spiro atoms. The zero-order valence-corrected chi connectivity index (χ0v) is 24.7. The number of carbonyl (C=O) groups is 1. The van der Waals surface area contributed by atoms with Crippen molar-refractivity contribution in [2.45, 2.75) is 44.0 Å². The third kappa shape index (κ3) is 7.35. The van der Waals surface area contributed by atoms with E-state index in [1.165, 1.54) is 11.6 Å². The van der Waals surface area contributed by atoms with Gasteiger partial charge in [-0.25, -0.2) is 8.42 Å². The first-order valence-corrected chi connectivity index (χ1v) is 16.0. The fourth-order valence-corrected chi connectivity index (χ4v) is 6.32. The number of benzene rings is 3. The van der Waals surface area contributed by atoms with E-state index in [-0.39, 0.29) is 10.8 Å². The molecule has 2 heterocycles. The number of aromatic nitrogens is 1. The van der Waals surface area contributed by atoms with Crippen LogP contribution >= 0.6 is 0 Å². The van der Waals surface area contributed by atoms with E-state index in [0.29, 0.717) is 29.9 Å². The van der Waals surface area contributed by atoms with Crippen molar-refractivity contribution in [3.8, 4) is 11.8 Å². The lowest BCUT2D eigenvalue weighted by Crippen LogP contribution is -2.35. The van der Waals surface area contributed by atoms with Crippen molar-refractivity contribution in [2.75, 3.05) is 30.9 Å². The van der Waals surface area contributed by atoms with E-state index >= 15 is 0 Å². The van der Waals surface area contributed by atoms with Gasteiger partial charge in [0, 0.05) is 67.5 Å². The van der Waals surface area contributed by atoms with Crippen LogP contribution in [0.4, 0.5) is 5.69 Å². The molecule has 0 saturated carbocycles. The topological polar surface area (TPSA) is 82.6 Å². The molecule has 1 aliphatic heterocycles. The number of anilines is 1. The number of sulfonamides is 1. The molecule has 0 atom stereocenters. The van der Waals surface area contributed by atoms with Gasteiger partial charge < -0.3 is 4.90 Å². The van der Waals surface area contributed by atoms with Crippen LogP contribution in [-0.4, -0.2) is 55.3 Å². The maximum atomic E-state index is 13.3. The minimum atomic E-state index is -3.86. The monoisotopic (exact) mass is 580 g/mol. The van der Waals surface area contributed by atoms with Crippen LogP contribution in [0.2, 0.25) is 0 Å². The molecule has 1 amide bonds. The van der Waals surface area contributed by atoms with Gasteiger partial charge in [0.25, 0.3) is 15.9 Å². The third-order valence-corrected chi connectivity index (χ3v) is 8.81. The van der Waals surface area contributed by atoms with E-state index in [9.17, 15) is 13.2 Å². The van der Waals surface area contributed by atoms with E-state index in [1.807, 2.05) is 17.0 Å². The quantitative estimate of drug-likeness (QED) is 0.207. The highest BCUT2D eigenvalue weighted by atomic mass is 32.2. The fourth-order valence-electron chi connectivity index (χ4n) is 5.08. The number of hydrogen-bond donors (Lipinski definition) is 1. The molecule has 216 valence electrons. The molecule has 8 heteroatoms. The van der Waals surface area contributed by atoms with Crippen molar-refractivity contribution in [3.05, 3.63) is 102 Å². The Balaban J connectivity index is 1.17. The Bertz CT molecular complexity index is 1690. The Morgan fingerprint density at radius 3 is 2.50 bits per heavy atom. The van der Waals surface area contributed by atoms with Crippen LogP contribution < -0.4 is 4.72 Å². The number of pyridine rings is 1. The van der Waals surface area contributed by atoms with Crippen molar-refractivity contribution in [1.82, 2.24) is 14.8 Å². The predicted octanol–water partition coefficient (Wildman–Crippen LogP) is 5.93. The van der Waals surface area contributed by atoms with Gasteiger partial charge in [-0.05, 0) is 66.9 Å². The van der Waals surface area contributed by atoms with Crippen LogP contribution in [-0.2, 0) is 16.6 Å². The molecule has 1 saturated heterocycles. The largest absolute Gasteiger partial charge is 0.337 e. The first-order chi connectivity index (χ1) is 20.4. The van der Waals surface area contributed by atoms with Gasteiger partial charge in [0.15, 0.2) is 0 Å². The summed E-state index contributed by atoms with van der Waals surface area (Å²) >= 11 is 0. The number of hydrogen-bond acceptors (Lipinski definition) is 5. The van der Waals surface area contributed by atoms with Gasteiger partial charge in [0.1, 0.15) is 4.90 Å². The molecule has 3 aromatic carbocycles. The summed E-state index contributed by atoms with van der Waals surface area (Å²) in [5.74, 6) is 6.43. The molecule has 1 fully saturated rings. The summed E-state index contributed by atoms with van der Waals surface area (Å²) in [5, 5.41) is 0.748. The minimum absolute atomic E-state index is 0.0458. The molecule has 1 aromatic heterocycles. The van der Waals surface area contributed by atoms with Gasteiger partial charge in [-0.15, -0.1) is 0 Å². The number of para-hydroxylation sites is 1. The standard InChI is InChI=1S/C34H36N4O3S/c1-2-3-4-5-9-27-13-15-28(16-14-27)26-37-22-8-23-38(25-24-37)34(39)30-17-19-31(20-18-30)36-42(40,41)32-12-6-10-29-11-7-21-35-33(29)32/h6-7,10-21,36H,2-4,8,22-26H2,1H3. The van der Waals surface area contributed by atoms with Crippen LogP contribution in [0, 0.1) is 11.8 Å². The Hall–Kier alpha value is -4.19. The molecular formula is C34H36N4O3S. The van der Waals surface area contributed by atoms with Crippen LogP contribution in [0.15, 0.2) is 90.0 Å². The van der Waals surface area contributed by atoms with Gasteiger partial charge in [-0.1, -0.05) is 55.5 Å². The second-order valence-electron chi connectivity index (χ2n) is 10.5. The molecule has 7 nitrogen and oxygen atoms in total. The summed E-state index contributed by atoms with van der Waals surface area (Å²) in [6.45, 7) is 6.06. The summed E-state index contributed by atoms with van der Waals surface area (Å²) in [6, 6.07) is 23.7. The summed E-state index contributed by atoms with van der Waals surface area (Å²) in [4.78, 5) is 21.9. The third-order valence-electron chi connectivity index (χ3n) is 7.39. The van der Waals surface area contributed by atoms with Crippen molar-refractivity contribution < 1.29 is 13.2 Å². The van der Waals surface area contributed by atoms with E-state index in [0.717, 1.165) is 56.3 Å². The van der Waals surface area contributed by atoms with Crippen molar-refractivity contribution in [3.63, 3.8) is 0 Å². The number of rotatable bonds is 8. The molecule has 5 rings (SSSR count). The van der Waals surface area contributed by atoms with Crippen molar-refractivity contribution >= 4 is 32.5 Å². The average molecular weight is 581 g/mol. The SMILES string of the molecule is CCCCC#Cc1ccc(CN2CCCN(C(=O)c3ccc(NS(=O)(=O)c4cccc5cccnc45)cc3)CC2)cc1. The summed E-state index contributed by atoms with van der Waals surface area (Å²) in [6.07, 6.45) is 5.70. The Morgan fingerprint density at radius 1 is 0.929 bits per heavy atom. The molecule has 1 N–H and O–H groups in total. The number of fused-ring (bicyclic) bond motifs is 1. The predicted molar refractivity (Wildman–Crippen MR) is 168 cm³/mol. The lowest BCUT2D eigenvalue weighted by Gasteiger charge is -2.22. The minimum Gasteiger partial charge on any atom is -0.337 e. The van der Waals surface area contributed by atoms with E-state index in [1.54, 1.807) is 42.6 Å². The molecule has 0 bridgehead atoms. The van der Waals surface area contributed by atoms with Crippen LogP contribution in [0.3, 0.4) is 0 Å². The van der Waals surface area contributed by atoms with Crippen molar-refractivity contribution in [1.29, 1.82) is 0 Å². The Labute approximate surface area is 248 Å². The highest BCUT2D eigenvalue weighted by molar-refractivity contribution is 7.93. The Kier molecular flexibility index (Phi) is 9.52. The summed E-state index contributed by atoms with van der Waals surface area (Å²) in [5.41, 5.74) is 3.63. The van der Waals surface area contributed by atoms with Crippen LogP contribution in [0.5, 0.6) is 0 Å². The van der Waals surface area contributed by atoms with E-state index < -0.39 is 10.0 Å². The molecular weight excluding hydrogens is 544 g/mol. The Morgan fingerprint density at radius 2 is 1.71 bits per heavy atom. The molecule has 1 aliphatic rings. The molecule has 42 heavy (non-hydrogen) atoms. The maximum Gasteiger partial charge on any atom is 0.264 e. The number of nitrogens with one attached hydrogen (secondary N) is 1. The first kappa shape index (κ1) is 29.3. The zero-order chi connectivity index (χ0) is 29.4. The molecule has 0 unspecified atom stereocenters. The lowest BCUT2D eigenvalue weighted by molar-refractivity contribution is 0.0761. The number of nitrogens with zero attached hydrogens (tertiary/aromatic N) is 3. The second-order valence-corrected chi connectivity index (χ2v) is 12.2. The van der Waals surface area contributed by atoms with Gasteiger partial charge in [-0.3, -0.25) is 19.4 Å². The summed E-state index contributed by atoms with van der Waals surface area (Å²) < 4.78 is 28.9. The second kappa shape index (κ2) is 13.6. The van der Waals surface area contributed by atoms with Crippen LogP contribution in [0.25, 0.3) is 10.9 Å². The van der Waals surface area contributed by atoms with Gasteiger partial charge >= 0.3 is 0 Å². The molecule has 0 aliphatic carbocycles. The van der Waals surface area contributed by atoms with Crippen LogP contribution in [0.1, 0.15) is 54.1 Å². The van der Waals surface area contributed by atoms with E-state index in [4.69, 9.17) is 0 Å². The number of carbonyl (C=O) groups excluding carboxylic acids is 1. The maximum absolute atomic E-state index is 13.3. The highest BCUT2D eigenvalue weighted by Crippen LogP contribution is 2.24. The first-order valence-electron chi connectivity index (χ1n) is 14.5. The highest BCUT2D eigenvalue weighted by Gasteiger charge is 2.22. The summed E-state index contributed by atoms with van der Waals surface area (Å²) in [7, 11) is -3.86. The lowest BCUT2D eigenvalue weighted by atomic mass is 10.1. The smallest absolute Gasteiger partial charge is 0.264 e. The van der Waals surface area contributed by atoms with Crippen molar-refractivity contribution in [2.24, 2.45) is 0 Å². The molecule has 4 aromatic rings. The number of unbranched alkanes of at least 4 members (excludes halogenated alkanes) is 2. The van der Waals surface area contributed by atoms with E-state index in [2.05, 4.69) is 57.6 Å². The average Bonchev–Trinajstić information content (AvgIpc) is 3.25. The van der Waals surface area contributed by atoms with Gasteiger partial charge in [0.2, 0.25) is 0 Å².